The van der Waals surface area contributed by atoms with Gasteiger partial charge < -0.3 is 10.2 Å². The molecule has 2 N–H and O–H groups in total. The number of amides is 2. The molecule has 150 valence electrons. The van der Waals surface area contributed by atoms with Crippen molar-refractivity contribution >= 4 is 22.6 Å². The van der Waals surface area contributed by atoms with E-state index in [0.717, 1.165) is 24.6 Å². The van der Waals surface area contributed by atoms with Crippen LogP contribution in [-0.2, 0) is 0 Å². The molecule has 4 fully saturated rings. The molecule has 4 bridgehead atoms. The van der Waals surface area contributed by atoms with Crippen molar-refractivity contribution in [2.45, 2.75) is 50.9 Å². The zero-order valence-corrected chi connectivity index (χ0v) is 16.3. The van der Waals surface area contributed by atoms with E-state index in [2.05, 4.69) is 0 Å². The van der Waals surface area contributed by atoms with Gasteiger partial charge in [-0.1, -0.05) is 24.3 Å². The van der Waals surface area contributed by atoms with Gasteiger partial charge in [0, 0.05) is 16.5 Å². The Morgan fingerprint density at radius 2 is 1.31 bits per heavy atom. The SMILES string of the molecule is O=C1c2cccc3cccc(c23)C(=O)N1C(C(O)O)C12CC3CC(CC(C3)C1)C2. The van der Waals surface area contributed by atoms with Crippen LogP contribution in [0.4, 0.5) is 0 Å². The van der Waals surface area contributed by atoms with Crippen molar-refractivity contribution in [2.24, 2.45) is 23.2 Å². The molecule has 1 aliphatic heterocycles. The van der Waals surface area contributed by atoms with Crippen LogP contribution in [0.5, 0.6) is 0 Å². The number of benzene rings is 2. The summed E-state index contributed by atoms with van der Waals surface area (Å²) in [5.74, 6) is 0.941. The maximum Gasteiger partial charge on any atom is 0.261 e. The molecule has 4 saturated carbocycles. The van der Waals surface area contributed by atoms with E-state index in [9.17, 15) is 19.8 Å². The van der Waals surface area contributed by atoms with Gasteiger partial charge in [-0.15, -0.1) is 0 Å². The quantitative estimate of drug-likeness (QED) is 0.621. The summed E-state index contributed by atoms with van der Waals surface area (Å²) in [7, 11) is 0. The van der Waals surface area contributed by atoms with Crippen molar-refractivity contribution in [3.8, 4) is 0 Å². The van der Waals surface area contributed by atoms with Gasteiger partial charge in [-0.3, -0.25) is 14.5 Å². The number of imide groups is 1. The van der Waals surface area contributed by atoms with Gasteiger partial charge in [0.15, 0.2) is 6.29 Å². The van der Waals surface area contributed by atoms with E-state index in [1.807, 2.05) is 24.3 Å². The molecule has 2 aromatic rings. The van der Waals surface area contributed by atoms with Gasteiger partial charge in [-0.2, -0.15) is 0 Å². The molecule has 5 nitrogen and oxygen atoms in total. The summed E-state index contributed by atoms with van der Waals surface area (Å²) in [5, 5.41) is 22.6. The lowest BCUT2D eigenvalue weighted by atomic mass is 9.47. The second-order valence-electron chi connectivity index (χ2n) is 9.83. The first-order chi connectivity index (χ1) is 14.0. The van der Waals surface area contributed by atoms with Crippen LogP contribution in [0.15, 0.2) is 36.4 Å². The van der Waals surface area contributed by atoms with Crippen LogP contribution in [0.2, 0.25) is 0 Å². The monoisotopic (exact) mass is 391 g/mol. The molecule has 7 rings (SSSR count). The number of aliphatic hydroxyl groups excluding tert-OH is 1. The van der Waals surface area contributed by atoms with Crippen LogP contribution >= 0.6 is 0 Å². The van der Waals surface area contributed by atoms with E-state index >= 15 is 0 Å². The third kappa shape index (κ3) is 2.34. The Labute approximate surface area is 169 Å². The number of carbonyl (C=O) groups is 2. The summed E-state index contributed by atoms with van der Waals surface area (Å²) >= 11 is 0. The average Bonchev–Trinajstić information content (AvgIpc) is 2.67. The molecule has 1 atom stereocenters. The highest BCUT2D eigenvalue weighted by Gasteiger charge is 2.59. The van der Waals surface area contributed by atoms with Gasteiger partial charge >= 0.3 is 0 Å². The fraction of sp³-hybridized carbons (Fsp3) is 0.500. The lowest BCUT2D eigenvalue weighted by Gasteiger charge is -2.60. The standard InChI is InChI=1S/C24H25NO4/c26-21-17-5-1-3-16-4-2-6-18(19(16)17)22(27)25(21)20(23(28)29)24-10-13-7-14(11-24)9-15(8-13)12-24/h1-6,13-15,20,23,28-29H,7-12H2. The summed E-state index contributed by atoms with van der Waals surface area (Å²) in [6.45, 7) is 0. The molecule has 2 amide bonds. The Bertz CT molecular complexity index is 956. The van der Waals surface area contributed by atoms with Gasteiger partial charge in [0.2, 0.25) is 0 Å². The van der Waals surface area contributed by atoms with E-state index in [0.29, 0.717) is 34.3 Å². The highest BCUT2D eigenvalue weighted by molar-refractivity contribution is 6.25. The fourth-order valence-electron chi connectivity index (χ4n) is 7.57. The normalized spacial score (nSPS) is 33.8. The topological polar surface area (TPSA) is 77.8 Å². The zero-order chi connectivity index (χ0) is 19.9. The Morgan fingerprint density at radius 1 is 0.828 bits per heavy atom. The highest BCUT2D eigenvalue weighted by atomic mass is 16.5. The number of hydrogen-bond donors (Lipinski definition) is 2. The smallest absolute Gasteiger partial charge is 0.261 e. The second-order valence-corrected chi connectivity index (χ2v) is 9.83. The lowest BCUT2D eigenvalue weighted by molar-refractivity contribution is -0.170. The Balaban J connectivity index is 1.50. The first-order valence-corrected chi connectivity index (χ1v) is 10.7. The molecule has 2 aromatic carbocycles. The highest BCUT2D eigenvalue weighted by Crippen LogP contribution is 2.62. The Morgan fingerprint density at radius 3 is 1.76 bits per heavy atom. The molecule has 29 heavy (non-hydrogen) atoms. The van der Waals surface area contributed by atoms with Crippen LogP contribution in [0.25, 0.3) is 10.8 Å². The van der Waals surface area contributed by atoms with E-state index < -0.39 is 24.1 Å². The number of aliphatic hydroxyl groups is 2. The summed E-state index contributed by atoms with van der Waals surface area (Å²) in [4.78, 5) is 28.3. The molecule has 1 heterocycles. The summed E-state index contributed by atoms with van der Waals surface area (Å²) in [6.07, 6.45) is 4.52. The Hall–Kier alpha value is -2.24. The first kappa shape index (κ1) is 17.6. The van der Waals surface area contributed by atoms with E-state index in [1.165, 1.54) is 24.2 Å². The molecular weight excluding hydrogens is 366 g/mol. The van der Waals surface area contributed by atoms with Crippen LogP contribution in [0.1, 0.15) is 59.2 Å². The molecule has 0 saturated heterocycles. The van der Waals surface area contributed by atoms with Crippen molar-refractivity contribution in [1.29, 1.82) is 0 Å². The molecule has 0 radical (unpaired) electrons. The maximum atomic E-state index is 13.5. The summed E-state index contributed by atoms with van der Waals surface area (Å²) < 4.78 is 0. The van der Waals surface area contributed by atoms with Crippen molar-refractivity contribution < 1.29 is 19.8 Å². The zero-order valence-electron chi connectivity index (χ0n) is 16.3. The van der Waals surface area contributed by atoms with Gasteiger partial charge in [-0.25, -0.2) is 0 Å². The van der Waals surface area contributed by atoms with Crippen molar-refractivity contribution in [2.75, 3.05) is 0 Å². The molecular formula is C24H25NO4. The largest absolute Gasteiger partial charge is 0.366 e. The third-order valence-electron chi connectivity index (χ3n) is 8.08. The van der Waals surface area contributed by atoms with Crippen molar-refractivity contribution in [1.82, 2.24) is 4.90 Å². The van der Waals surface area contributed by atoms with Crippen LogP contribution in [-0.4, -0.2) is 39.3 Å². The minimum atomic E-state index is -1.73. The van der Waals surface area contributed by atoms with E-state index in [-0.39, 0.29) is 5.41 Å². The summed E-state index contributed by atoms with van der Waals surface area (Å²) in [6, 6.07) is 10.0. The first-order valence-electron chi connectivity index (χ1n) is 10.7. The number of hydrogen-bond acceptors (Lipinski definition) is 4. The third-order valence-corrected chi connectivity index (χ3v) is 8.08. The molecule has 4 aliphatic carbocycles. The van der Waals surface area contributed by atoms with Gasteiger partial charge in [0.25, 0.3) is 11.8 Å². The van der Waals surface area contributed by atoms with Crippen LogP contribution in [0, 0.1) is 23.2 Å². The molecule has 0 aromatic heterocycles. The predicted octanol–water partition coefficient (Wildman–Crippen LogP) is 3.33. The average molecular weight is 391 g/mol. The van der Waals surface area contributed by atoms with Crippen molar-refractivity contribution in [3.05, 3.63) is 47.5 Å². The van der Waals surface area contributed by atoms with Crippen molar-refractivity contribution in [3.63, 3.8) is 0 Å². The van der Waals surface area contributed by atoms with Crippen LogP contribution < -0.4 is 0 Å². The van der Waals surface area contributed by atoms with E-state index in [4.69, 9.17) is 0 Å². The fourth-order valence-corrected chi connectivity index (χ4v) is 7.57. The van der Waals surface area contributed by atoms with Gasteiger partial charge in [0.1, 0.15) is 0 Å². The lowest BCUT2D eigenvalue weighted by Crippen LogP contribution is -2.64. The predicted molar refractivity (Wildman–Crippen MR) is 107 cm³/mol. The minimum absolute atomic E-state index is 0.381. The minimum Gasteiger partial charge on any atom is -0.366 e. The van der Waals surface area contributed by atoms with E-state index in [1.54, 1.807) is 12.1 Å². The Kier molecular flexibility index (Phi) is 3.58. The number of nitrogens with zero attached hydrogens (tertiary/aromatic N) is 1. The maximum absolute atomic E-state index is 13.5. The second kappa shape index (κ2) is 5.89. The number of rotatable bonds is 3. The molecule has 5 aliphatic rings. The van der Waals surface area contributed by atoms with Crippen LogP contribution in [0.3, 0.4) is 0 Å². The molecule has 1 unspecified atom stereocenters. The summed E-state index contributed by atoms with van der Waals surface area (Å²) in [5.41, 5.74) is 0.579. The number of carbonyl (C=O) groups excluding carboxylic acids is 2. The van der Waals surface area contributed by atoms with Gasteiger partial charge in [0.05, 0.1) is 6.04 Å². The molecule has 5 heteroatoms. The van der Waals surface area contributed by atoms with Gasteiger partial charge in [-0.05, 0) is 79.2 Å². The molecule has 0 spiro atoms.